The molecule has 0 heterocycles. The molecule has 0 spiro atoms. The number of halogens is 1. The summed E-state index contributed by atoms with van der Waals surface area (Å²) in [5, 5.41) is 0. The fraction of sp³-hybridized carbons (Fsp3) is 0.600. The number of rotatable bonds is 3. The van der Waals surface area contributed by atoms with Gasteiger partial charge in [0.05, 0.1) is 0 Å². The van der Waals surface area contributed by atoms with Crippen molar-refractivity contribution in [2.45, 2.75) is 12.8 Å². The Morgan fingerprint density at radius 1 is 1.71 bits per heavy atom. The Hall–Kier alpha value is -0.0400. The van der Waals surface area contributed by atoms with Gasteiger partial charge >= 0.3 is 0 Å². The Kier molecular flexibility index (Phi) is 4.10. The minimum absolute atomic E-state index is 0.134. The van der Waals surface area contributed by atoms with Gasteiger partial charge in [0.2, 0.25) is 0 Å². The van der Waals surface area contributed by atoms with E-state index in [0.717, 1.165) is 0 Å². The zero-order chi connectivity index (χ0) is 5.70. The molecule has 0 aromatic heterocycles. The molecule has 0 aliphatic rings. The average Bonchev–Trinajstić information content (AvgIpc) is 1.68. The molecule has 0 aliphatic carbocycles. The highest BCUT2D eigenvalue weighted by Gasteiger charge is 1.92. The molecule has 0 saturated heterocycles. The highest BCUT2D eigenvalue weighted by Crippen LogP contribution is 1.89. The zero-order valence-electron chi connectivity index (χ0n) is 4.11. The Morgan fingerprint density at radius 2 is 2.29 bits per heavy atom. The minimum atomic E-state index is 0.134. The summed E-state index contributed by atoms with van der Waals surface area (Å²) in [5.74, 6) is 0.559. The normalized spacial score (nSPS) is 8.86. The lowest BCUT2D eigenvalue weighted by atomic mass is 10.2. The quantitative estimate of drug-likeness (QED) is 0.514. The summed E-state index contributed by atoms with van der Waals surface area (Å²) < 4.78 is 0. The van der Waals surface area contributed by atoms with E-state index in [1.807, 2.05) is 0 Å². The monoisotopic (exact) mass is 119 g/mol. The predicted octanol–water partition coefficient (Wildman–Crippen LogP) is 1.41. The molecule has 0 atom stereocenters. The zero-order valence-corrected chi connectivity index (χ0v) is 4.87. The van der Waals surface area contributed by atoms with E-state index in [2.05, 4.69) is 6.92 Å². The maximum absolute atomic E-state index is 10.3. The van der Waals surface area contributed by atoms with Crippen LogP contribution in [-0.2, 0) is 4.79 Å². The van der Waals surface area contributed by atoms with Gasteiger partial charge in [-0.15, -0.1) is 11.6 Å². The number of hydrogen-bond acceptors (Lipinski definition) is 1. The van der Waals surface area contributed by atoms with Crippen LogP contribution in [0.2, 0.25) is 0 Å². The molecule has 2 heteroatoms. The van der Waals surface area contributed by atoms with E-state index in [-0.39, 0.29) is 5.78 Å². The van der Waals surface area contributed by atoms with Crippen molar-refractivity contribution in [1.82, 2.24) is 0 Å². The Balaban J connectivity index is 3.00. The lowest BCUT2D eigenvalue weighted by Gasteiger charge is -1.85. The van der Waals surface area contributed by atoms with E-state index in [1.54, 1.807) is 0 Å². The fourth-order valence-electron chi connectivity index (χ4n) is 0.230. The number of Topliss-reactive ketones (excluding diaryl/α,β-unsaturated/α-hetero) is 1. The second-order valence-electron chi connectivity index (χ2n) is 1.23. The topological polar surface area (TPSA) is 17.1 Å². The van der Waals surface area contributed by atoms with Crippen molar-refractivity contribution in [2.75, 3.05) is 5.88 Å². The molecule has 0 aromatic rings. The molecule has 0 aliphatic heterocycles. The molecule has 7 heavy (non-hydrogen) atoms. The van der Waals surface area contributed by atoms with Crippen LogP contribution < -0.4 is 0 Å². The number of alkyl halides is 1. The van der Waals surface area contributed by atoms with E-state index in [9.17, 15) is 4.79 Å². The van der Waals surface area contributed by atoms with Crippen LogP contribution in [0.3, 0.4) is 0 Å². The van der Waals surface area contributed by atoms with Gasteiger partial charge in [-0.25, -0.2) is 0 Å². The van der Waals surface area contributed by atoms with Crippen LogP contribution in [0.15, 0.2) is 0 Å². The third kappa shape index (κ3) is 3.80. The predicted molar refractivity (Wildman–Crippen MR) is 30.3 cm³/mol. The number of ketones is 1. The number of hydrogen-bond donors (Lipinski definition) is 0. The van der Waals surface area contributed by atoms with Gasteiger partial charge in [-0.2, -0.15) is 0 Å². The molecule has 0 amide bonds. The van der Waals surface area contributed by atoms with Crippen molar-refractivity contribution >= 4 is 17.4 Å². The first-order valence-corrected chi connectivity index (χ1v) is 2.71. The molecule has 0 N–H and O–H groups in total. The smallest absolute Gasteiger partial charge is 0.134 e. The van der Waals surface area contributed by atoms with Crippen LogP contribution in [-0.4, -0.2) is 11.7 Å². The van der Waals surface area contributed by atoms with Gasteiger partial charge in [-0.3, -0.25) is 4.79 Å². The first-order chi connectivity index (χ1) is 3.31. The molecule has 0 aromatic carbocycles. The van der Waals surface area contributed by atoms with Crippen LogP contribution in [0, 0.1) is 6.92 Å². The van der Waals surface area contributed by atoms with Crippen molar-refractivity contribution in [3.63, 3.8) is 0 Å². The molecule has 0 rings (SSSR count). The Labute approximate surface area is 48.7 Å². The van der Waals surface area contributed by atoms with Crippen LogP contribution in [0.25, 0.3) is 0 Å². The summed E-state index contributed by atoms with van der Waals surface area (Å²) in [5.41, 5.74) is 0. The van der Waals surface area contributed by atoms with Crippen molar-refractivity contribution in [3.05, 3.63) is 6.92 Å². The number of carbonyl (C=O) groups is 1. The molecule has 0 fully saturated rings. The van der Waals surface area contributed by atoms with Crippen LogP contribution in [0.5, 0.6) is 0 Å². The maximum Gasteiger partial charge on any atom is 0.134 e. The van der Waals surface area contributed by atoms with Gasteiger partial charge in [-0.1, -0.05) is 0 Å². The molecular weight excluding hydrogens is 112 g/mol. The standard InChI is InChI=1S/C5H8ClO/c1-2-5(7)3-4-6/h1-4H2. The fourth-order valence-corrected chi connectivity index (χ4v) is 0.441. The summed E-state index contributed by atoms with van der Waals surface area (Å²) in [6, 6.07) is 0. The van der Waals surface area contributed by atoms with Gasteiger partial charge in [-0.05, 0) is 6.92 Å². The third-order valence-corrected chi connectivity index (χ3v) is 0.841. The lowest BCUT2D eigenvalue weighted by molar-refractivity contribution is -0.117. The first-order valence-electron chi connectivity index (χ1n) is 2.18. The lowest BCUT2D eigenvalue weighted by Crippen LogP contribution is -1.94. The second-order valence-corrected chi connectivity index (χ2v) is 1.61. The van der Waals surface area contributed by atoms with Gasteiger partial charge < -0.3 is 0 Å². The molecule has 0 bridgehead atoms. The van der Waals surface area contributed by atoms with E-state index in [0.29, 0.717) is 18.7 Å². The van der Waals surface area contributed by atoms with E-state index in [4.69, 9.17) is 11.6 Å². The molecule has 1 nitrogen and oxygen atoms in total. The molecule has 0 unspecified atom stereocenters. The van der Waals surface area contributed by atoms with E-state index >= 15 is 0 Å². The largest absolute Gasteiger partial charge is 0.300 e. The Bertz CT molecular complexity index is 61.1. The third-order valence-electron chi connectivity index (χ3n) is 0.652. The molecule has 1 radical (unpaired) electrons. The van der Waals surface area contributed by atoms with Gasteiger partial charge in [0, 0.05) is 18.7 Å². The molecule has 0 saturated carbocycles. The summed E-state index contributed by atoms with van der Waals surface area (Å²) in [6.45, 7) is 3.40. The second kappa shape index (κ2) is 4.13. The van der Waals surface area contributed by atoms with Crippen molar-refractivity contribution < 1.29 is 4.79 Å². The molecular formula is C5H8ClO. The van der Waals surface area contributed by atoms with Crippen molar-refractivity contribution in [1.29, 1.82) is 0 Å². The number of carbonyl (C=O) groups excluding carboxylic acids is 1. The van der Waals surface area contributed by atoms with Crippen molar-refractivity contribution in [2.24, 2.45) is 0 Å². The average molecular weight is 120 g/mol. The van der Waals surface area contributed by atoms with Crippen LogP contribution in [0.4, 0.5) is 0 Å². The van der Waals surface area contributed by atoms with E-state index < -0.39 is 0 Å². The summed E-state index contributed by atoms with van der Waals surface area (Å²) in [7, 11) is 0. The first kappa shape index (κ1) is 6.96. The summed E-state index contributed by atoms with van der Waals surface area (Å²) >= 11 is 5.23. The maximum atomic E-state index is 10.3. The minimum Gasteiger partial charge on any atom is -0.300 e. The molecule has 41 valence electrons. The van der Waals surface area contributed by atoms with Gasteiger partial charge in [0.25, 0.3) is 0 Å². The van der Waals surface area contributed by atoms with Gasteiger partial charge in [0.15, 0.2) is 0 Å². The Morgan fingerprint density at radius 3 is 2.43 bits per heavy atom. The highest BCUT2D eigenvalue weighted by molar-refractivity contribution is 6.19. The highest BCUT2D eigenvalue weighted by atomic mass is 35.5. The summed E-state index contributed by atoms with van der Waals surface area (Å²) in [6.07, 6.45) is 0.831. The van der Waals surface area contributed by atoms with Crippen LogP contribution >= 0.6 is 11.6 Å². The van der Waals surface area contributed by atoms with E-state index in [1.165, 1.54) is 0 Å². The van der Waals surface area contributed by atoms with Gasteiger partial charge in [0.1, 0.15) is 5.78 Å². The van der Waals surface area contributed by atoms with Crippen molar-refractivity contribution in [3.8, 4) is 0 Å². The van der Waals surface area contributed by atoms with Crippen LogP contribution in [0.1, 0.15) is 12.8 Å². The SMILES string of the molecule is [CH2]CC(=O)CCCl. The summed E-state index contributed by atoms with van der Waals surface area (Å²) in [4.78, 5) is 10.3.